The van der Waals surface area contributed by atoms with Crippen LogP contribution in [0.2, 0.25) is 0 Å². The molecule has 2 rings (SSSR count). The highest BCUT2D eigenvalue weighted by Gasteiger charge is 2.09. The number of likely N-dealkylation sites (N-methyl/N-ethyl adjacent to an activating group) is 1. The van der Waals surface area contributed by atoms with Gasteiger partial charge in [0, 0.05) is 19.0 Å². The highest BCUT2D eigenvalue weighted by Crippen LogP contribution is 2.11. The quantitative estimate of drug-likeness (QED) is 0.626. The van der Waals surface area contributed by atoms with Crippen molar-refractivity contribution in [1.82, 2.24) is 15.5 Å². The van der Waals surface area contributed by atoms with Gasteiger partial charge in [0.05, 0.1) is 12.6 Å². The van der Waals surface area contributed by atoms with Crippen molar-refractivity contribution in [2.75, 3.05) is 20.6 Å². The zero-order valence-electron chi connectivity index (χ0n) is 14.3. The molecule has 1 unspecified atom stereocenters. The maximum atomic E-state index is 11.8. The standard InChI is InChI=1S/C18H24N4OS/c1-14(15-8-5-4-6-9-15)21-18(20-13-17(23)22(2)3)19-12-16-10-7-11-24-16/h4-11,14H,12-13H2,1-3H3,(H2,19,20,21). The third-order valence-electron chi connectivity index (χ3n) is 3.53. The molecule has 0 aliphatic carbocycles. The molecule has 0 saturated carbocycles. The molecule has 1 heterocycles. The van der Waals surface area contributed by atoms with Crippen LogP contribution >= 0.6 is 11.3 Å². The average Bonchev–Trinajstić information content (AvgIpc) is 3.11. The lowest BCUT2D eigenvalue weighted by Crippen LogP contribution is -2.39. The van der Waals surface area contributed by atoms with Crippen LogP contribution in [0, 0.1) is 0 Å². The van der Waals surface area contributed by atoms with Crippen LogP contribution in [0.15, 0.2) is 52.8 Å². The largest absolute Gasteiger partial charge is 0.351 e. The van der Waals surface area contributed by atoms with E-state index in [1.807, 2.05) is 29.6 Å². The molecule has 0 bridgehead atoms. The normalized spacial score (nSPS) is 12.5. The number of thiophene rings is 1. The number of amides is 1. The van der Waals surface area contributed by atoms with E-state index in [1.54, 1.807) is 30.3 Å². The van der Waals surface area contributed by atoms with Crippen LogP contribution in [0.5, 0.6) is 0 Å². The summed E-state index contributed by atoms with van der Waals surface area (Å²) in [6, 6.07) is 14.3. The Morgan fingerprint density at radius 2 is 1.96 bits per heavy atom. The number of benzene rings is 1. The fourth-order valence-corrected chi connectivity index (χ4v) is 2.70. The van der Waals surface area contributed by atoms with Gasteiger partial charge in [0.2, 0.25) is 5.91 Å². The Kier molecular flexibility index (Phi) is 6.81. The predicted molar refractivity (Wildman–Crippen MR) is 100 cm³/mol. The molecule has 6 heteroatoms. The Morgan fingerprint density at radius 3 is 2.58 bits per heavy atom. The highest BCUT2D eigenvalue weighted by atomic mass is 32.1. The minimum Gasteiger partial charge on any atom is -0.351 e. The summed E-state index contributed by atoms with van der Waals surface area (Å²) in [6.45, 7) is 2.88. The molecule has 2 N–H and O–H groups in total. The summed E-state index contributed by atoms with van der Waals surface area (Å²) in [5.41, 5.74) is 1.17. The van der Waals surface area contributed by atoms with E-state index in [2.05, 4.69) is 40.7 Å². The molecule has 1 aromatic heterocycles. The molecule has 0 spiro atoms. The molecule has 5 nitrogen and oxygen atoms in total. The van der Waals surface area contributed by atoms with Gasteiger partial charge in [-0.3, -0.25) is 4.79 Å². The summed E-state index contributed by atoms with van der Waals surface area (Å²) in [5, 5.41) is 8.70. The van der Waals surface area contributed by atoms with Crippen LogP contribution in [0.3, 0.4) is 0 Å². The number of hydrogen-bond donors (Lipinski definition) is 2. The molecule has 1 aromatic carbocycles. The second kappa shape index (κ2) is 9.08. The Labute approximate surface area is 147 Å². The minimum atomic E-state index is -0.0282. The van der Waals surface area contributed by atoms with Crippen LogP contribution in [0.4, 0.5) is 0 Å². The Hall–Kier alpha value is -2.34. The second-order valence-electron chi connectivity index (χ2n) is 5.66. The molecule has 24 heavy (non-hydrogen) atoms. The van der Waals surface area contributed by atoms with Crippen LogP contribution in [-0.2, 0) is 11.3 Å². The summed E-state index contributed by atoms with van der Waals surface area (Å²) in [6.07, 6.45) is 0. The lowest BCUT2D eigenvalue weighted by molar-refractivity contribution is -0.127. The highest BCUT2D eigenvalue weighted by molar-refractivity contribution is 7.09. The first kappa shape index (κ1) is 18.0. The van der Waals surface area contributed by atoms with Gasteiger partial charge in [-0.15, -0.1) is 11.3 Å². The number of guanidine groups is 1. The van der Waals surface area contributed by atoms with Gasteiger partial charge in [0.25, 0.3) is 0 Å². The van der Waals surface area contributed by atoms with Crippen molar-refractivity contribution in [3.8, 4) is 0 Å². The molecule has 0 aliphatic rings. The zero-order chi connectivity index (χ0) is 17.4. The summed E-state index contributed by atoms with van der Waals surface area (Å²) in [5.74, 6) is 0.606. The average molecular weight is 344 g/mol. The van der Waals surface area contributed by atoms with E-state index in [0.29, 0.717) is 12.5 Å². The van der Waals surface area contributed by atoms with Gasteiger partial charge in [0.15, 0.2) is 5.96 Å². The molecule has 2 aromatic rings. The third kappa shape index (κ3) is 5.70. The minimum absolute atomic E-state index is 0.0282. The maximum absolute atomic E-state index is 11.8. The number of nitrogens with zero attached hydrogens (tertiary/aromatic N) is 2. The van der Waals surface area contributed by atoms with Crippen molar-refractivity contribution in [3.63, 3.8) is 0 Å². The first-order valence-corrected chi connectivity index (χ1v) is 8.76. The number of hydrogen-bond acceptors (Lipinski definition) is 3. The van der Waals surface area contributed by atoms with Crippen LogP contribution in [0.1, 0.15) is 23.4 Å². The van der Waals surface area contributed by atoms with Crippen molar-refractivity contribution >= 4 is 23.2 Å². The van der Waals surface area contributed by atoms with E-state index in [-0.39, 0.29) is 18.5 Å². The fraction of sp³-hybridized carbons (Fsp3) is 0.333. The molecular formula is C18H24N4OS. The number of carbonyl (C=O) groups excluding carboxylic acids is 1. The predicted octanol–water partition coefficient (Wildman–Crippen LogP) is 2.63. The van der Waals surface area contributed by atoms with Gasteiger partial charge < -0.3 is 15.5 Å². The van der Waals surface area contributed by atoms with Crippen LogP contribution < -0.4 is 10.6 Å². The summed E-state index contributed by atoms with van der Waals surface area (Å²) >= 11 is 1.69. The van der Waals surface area contributed by atoms with E-state index in [9.17, 15) is 4.79 Å². The monoisotopic (exact) mass is 344 g/mol. The Morgan fingerprint density at radius 1 is 1.21 bits per heavy atom. The Balaban J connectivity index is 2.03. The number of carbonyl (C=O) groups is 1. The maximum Gasteiger partial charge on any atom is 0.243 e. The van der Waals surface area contributed by atoms with Crippen molar-refractivity contribution < 1.29 is 4.79 Å². The number of nitrogens with one attached hydrogen (secondary N) is 2. The van der Waals surface area contributed by atoms with E-state index >= 15 is 0 Å². The van der Waals surface area contributed by atoms with Crippen molar-refractivity contribution in [2.24, 2.45) is 4.99 Å². The number of aliphatic imine (C=N–C) groups is 1. The van der Waals surface area contributed by atoms with Crippen LogP contribution in [0.25, 0.3) is 0 Å². The topological polar surface area (TPSA) is 56.7 Å². The summed E-state index contributed by atoms with van der Waals surface area (Å²) in [7, 11) is 3.47. The SMILES string of the molecule is CC(NC(=NCC(=O)N(C)C)NCc1cccs1)c1ccccc1. The fourth-order valence-electron chi connectivity index (χ4n) is 2.05. The third-order valence-corrected chi connectivity index (χ3v) is 4.41. The van der Waals surface area contributed by atoms with Gasteiger partial charge in [-0.25, -0.2) is 4.99 Å². The smallest absolute Gasteiger partial charge is 0.243 e. The summed E-state index contributed by atoms with van der Waals surface area (Å²) in [4.78, 5) is 19.0. The van der Waals surface area contributed by atoms with Gasteiger partial charge in [-0.05, 0) is 23.9 Å². The zero-order valence-corrected chi connectivity index (χ0v) is 15.1. The summed E-state index contributed by atoms with van der Waals surface area (Å²) < 4.78 is 0. The molecule has 1 atom stereocenters. The first-order chi connectivity index (χ1) is 11.6. The van der Waals surface area contributed by atoms with Crippen molar-refractivity contribution in [3.05, 3.63) is 58.3 Å². The molecule has 0 fully saturated rings. The molecule has 0 radical (unpaired) electrons. The molecular weight excluding hydrogens is 320 g/mol. The van der Waals surface area contributed by atoms with Gasteiger partial charge >= 0.3 is 0 Å². The molecule has 1 amide bonds. The van der Waals surface area contributed by atoms with E-state index in [0.717, 1.165) is 0 Å². The van der Waals surface area contributed by atoms with Crippen molar-refractivity contribution in [1.29, 1.82) is 0 Å². The molecule has 0 aliphatic heterocycles. The van der Waals surface area contributed by atoms with E-state index in [4.69, 9.17) is 0 Å². The van der Waals surface area contributed by atoms with Crippen molar-refractivity contribution in [2.45, 2.75) is 19.5 Å². The van der Waals surface area contributed by atoms with Crippen LogP contribution in [-0.4, -0.2) is 37.4 Å². The van der Waals surface area contributed by atoms with E-state index < -0.39 is 0 Å². The second-order valence-corrected chi connectivity index (χ2v) is 6.69. The van der Waals surface area contributed by atoms with Gasteiger partial charge in [-0.2, -0.15) is 0 Å². The lowest BCUT2D eigenvalue weighted by atomic mass is 10.1. The number of rotatable bonds is 6. The van der Waals surface area contributed by atoms with E-state index in [1.165, 1.54) is 10.4 Å². The first-order valence-electron chi connectivity index (χ1n) is 7.88. The lowest BCUT2D eigenvalue weighted by Gasteiger charge is -2.19. The molecule has 128 valence electrons. The van der Waals surface area contributed by atoms with Gasteiger partial charge in [0.1, 0.15) is 6.54 Å². The Bertz CT molecular complexity index is 653. The molecule has 0 saturated heterocycles. The van der Waals surface area contributed by atoms with Gasteiger partial charge in [-0.1, -0.05) is 36.4 Å².